The summed E-state index contributed by atoms with van der Waals surface area (Å²) in [5.74, 6) is -0.0374. The molecule has 1 atom stereocenters. The van der Waals surface area contributed by atoms with E-state index in [4.69, 9.17) is 5.73 Å². The standard InChI is InChI=1S/C13H23N3O3/c14-13(19)12(10-1-3-11(18)4-2-10)16-7-5-15(9-17)6-8-16/h9-12,18H,1-8H2,(H2,14,19). The largest absolute Gasteiger partial charge is 0.393 e. The average molecular weight is 269 g/mol. The maximum atomic E-state index is 11.8. The zero-order valence-electron chi connectivity index (χ0n) is 11.2. The Hall–Kier alpha value is -1.14. The second kappa shape index (κ2) is 6.34. The van der Waals surface area contributed by atoms with Gasteiger partial charge in [-0.05, 0) is 31.6 Å². The van der Waals surface area contributed by atoms with Gasteiger partial charge in [-0.3, -0.25) is 14.5 Å². The molecule has 1 saturated heterocycles. The van der Waals surface area contributed by atoms with Gasteiger partial charge in [0.2, 0.25) is 12.3 Å². The summed E-state index contributed by atoms with van der Waals surface area (Å²) in [6.07, 6.45) is 3.83. The number of amides is 2. The van der Waals surface area contributed by atoms with Crippen molar-refractivity contribution in [1.29, 1.82) is 0 Å². The number of aliphatic hydroxyl groups excluding tert-OH is 1. The Morgan fingerprint density at radius 2 is 1.74 bits per heavy atom. The first-order valence-corrected chi connectivity index (χ1v) is 7.02. The Morgan fingerprint density at radius 1 is 1.16 bits per heavy atom. The highest BCUT2D eigenvalue weighted by molar-refractivity contribution is 5.80. The van der Waals surface area contributed by atoms with Crippen molar-refractivity contribution in [2.45, 2.75) is 37.8 Å². The van der Waals surface area contributed by atoms with Gasteiger partial charge in [-0.25, -0.2) is 0 Å². The molecule has 1 unspecified atom stereocenters. The van der Waals surface area contributed by atoms with Crippen molar-refractivity contribution < 1.29 is 14.7 Å². The van der Waals surface area contributed by atoms with E-state index in [2.05, 4.69) is 4.90 Å². The molecule has 0 aromatic carbocycles. The number of nitrogens with zero attached hydrogens (tertiary/aromatic N) is 2. The molecule has 3 N–H and O–H groups in total. The number of nitrogens with two attached hydrogens (primary N) is 1. The molecule has 1 aliphatic carbocycles. The van der Waals surface area contributed by atoms with Crippen LogP contribution in [0.2, 0.25) is 0 Å². The lowest BCUT2D eigenvalue weighted by Crippen LogP contribution is -2.56. The van der Waals surface area contributed by atoms with Crippen molar-refractivity contribution in [2.24, 2.45) is 11.7 Å². The normalized spacial score (nSPS) is 30.9. The van der Waals surface area contributed by atoms with Gasteiger partial charge in [0.1, 0.15) is 0 Å². The van der Waals surface area contributed by atoms with Crippen LogP contribution in [-0.2, 0) is 9.59 Å². The number of hydrogen-bond acceptors (Lipinski definition) is 4. The van der Waals surface area contributed by atoms with Crippen LogP contribution in [-0.4, -0.2) is 65.5 Å². The van der Waals surface area contributed by atoms with Gasteiger partial charge in [0, 0.05) is 26.2 Å². The van der Waals surface area contributed by atoms with Crippen LogP contribution < -0.4 is 5.73 Å². The summed E-state index contributed by atoms with van der Waals surface area (Å²) in [4.78, 5) is 26.3. The number of carbonyl (C=O) groups excluding carboxylic acids is 2. The molecular weight excluding hydrogens is 246 g/mol. The Labute approximate surface area is 113 Å². The third-order valence-electron chi connectivity index (χ3n) is 4.37. The first kappa shape index (κ1) is 14.3. The van der Waals surface area contributed by atoms with Gasteiger partial charge >= 0.3 is 0 Å². The summed E-state index contributed by atoms with van der Waals surface area (Å²) in [5, 5.41) is 9.55. The van der Waals surface area contributed by atoms with Gasteiger partial charge in [0.25, 0.3) is 0 Å². The van der Waals surface area contributed by atoms with Crippen LogP contribution in [0.4, 0.5) is 0 Å². The van der Waals surface area contributed by atoms with Crippen molar-refractivity contribution in [1.82, 2.24) is 9.80 Å². The molecule has 6 heteroatoms. The second-order valence-corrected chi connectivity index (χ2v) is 5.59. The lowest BCUT2D eigenvalue weighted by Gasteiger charge is -2.41. The minimum absolute atomic E-state index is 0.225. The predicted octanol–water partition coefficient (Wildman–Crippen LogP) is -0.835. The number of aliphatic hydroxyl groups is 1. The summed E-state index contributed by atoms with van der Waals surface area (Å²) >= 11 is 0. The highest BCUT2D eigenvalue weighted by Gasteiger charge is 2.35. The fourth-order valence-electron chi connectivity index (χ4n) is 3.25. The number of carbonyl (C=O) groups is 2. The molecule has 0 aromatic heterocycles. The summed E-state index contributed by atoms with van der Waals surface area (Å²) in [5.41, 5.74) is 5.57. The van der Waals surface area contributed by atoms with Crippen molar-refractivity contribution >= 4 is 12.3 Å². The molecule has 19 heavy (non-hydrogen) atoms. The Kier molecular flexibility index (Phi) is 4.76. The molecule has 1 heterocycles. The molecule has 0 aromatic rings. The van der Waals surface area contributed by atoms with E-state index in [0.29, 0.717) is 26.2 Å². The first-order valence-electron chi connectivity index (χ1n) is 7.02. The monoisotopic (exact) mass is 269 g/mol. The van der Waals surface area contributed by atoms with Gasteiger partial charge in [0.05, 0.1) is 12.1 Å². The minimum Gasteiger partial charge on any atom is -0.393 e. The second-order valence-electron chi connectivity index (χ2n) is 5.59. The highest BCUT2D eigenvalue weighted by atomic mass is 16.3. The Morgan fingerprint density at radius 3 is 2.21 bits per heavy atom. The third kappa shape index (κ3) is 3.45. The van der Waals surface area contributed by atoms with E-state index >= 15 is 0 Å². The van der Waals surface area contributed by atoms with Gasteiger partial charge in [-0.1, -0.05) is 0 Å². The van der Waals surface area contributed by atoms with Crippen molar-refractivity contribution in [3.63, 3.8) is 0 Å². The molecule has 1 aliphatic heterocycles. The summed E-state index contributed by atoms with van der Waals surface area (Å²) in [6.45, 7) is 2.71. The number of rotatable bonds is 4. The van der Waals surface area contributed by atoms with Crippen molar-refractivity contribution in [3.05, 3.63) is 0 Å². The van der Waals surface area contributed by atoms with E-state index in [1.807, 2.05) is 0 Å². The van der Waals surface area contributed by atoms with Gasteiger partial charge in [-0.2, -0.15) is 0 Å². The van der Waals surface area contributed by atoms with Gasteiger partial charge in [-0.15, -0.1) is 0 Å². The summed E-state index contributed by atoms with van der Waals surface area (Å²) in [7, 11) is 0. The molecular formula is C13H23N3O3. The molecule has 0 radical (unpaired) electrons. The average Bonchev–Trinajstić information content (AvgIpc) is 2.42. The van der Waals surface area contributed by atoms with Crippen molar-refractivity contribution in [3.8, 4) is 0 Å². The lowest BCUT2D eigenvalue weighted by atomic mass is 9.81. The van der Waals surface area contributed by atoms with Gasteiger partial charge in [0.15, 0.2) is 0 Å². The van der Waals surface area contributed by atoms with Crippen LogP contribution in [0.25, 0.3) is 0 Å². The van der Waals surface area contributed by atoms with E-state index in [1.54, 1.807) is 4.90 Å². The van der Waals surface area contributed by atoms with Crippen LogP contribution in [0.5, 0.6) is 0 Å². The van der Waals surface area contributed by atoms with E-state index in [1.165, 1.54) is 0 Å². The van der Waals surface area contributed by atoms with Gasteiger partial charge < -0.3 is 15.7 Å². The van der Waals surface area contributed by atoms with Crippen LogP contribution in [0, 0.1) is 5.92 Å². The Balaban J connectivity index is 1.96. The molecule has 2 fully saturated rings. The van der Waals surface area contributed by atoms with Crippen LogP contribution in [0.1, 0.15) is 25.7 Å². The SMILES string of the molecule is NC(=O)C(C1CCC(O)CC1)N1CCN(C=O)CC1. The Bertz CT molecular complexity index is 321. The molecule has 2 rings (SSSR count). The fraction of sp³-hybridized carbons (Fsp3) is 0.846. The van der Waals surface area contributed by atoms with Crippen molar-refractivity contribution in [2.75, 3.05) is 26.2 Å². The van der Waals surface area contributed by atoms with E-state index in [0.717, 1.165) is 32.1 Å². The number of hydrogen-bond donors (Lipinski definition) is 2. The molecule has 0 spiro atoms. The zero-order valence-corrected chi connectivity index (χ0v) is 11.2. The third-order valence-corrected chi connectivity index (χ3v) is 4.37. The van der Waals surface area contributed by atoms with E-state index < -0.39 is 0 Å². The molecule has 1 saturated carbocycles. The number of primary amides is 1. The predicted molar refractivity (Wildman–Crippen MR) is 70.2 cm³/mol. The van der Waals surface area contributed by atoms with Crippen LogP contribution >= 0.6 is 0 Å². The number of piperazine rings is 1. The van der Waals surface area contributed by atoms with E-state index in [9.17, 15) is 14.7 Å². The topological polar surface area (TPSA) is 86.9 Å². The molecule has 0 bridgehead atoms. The quantitative estimate of drug-likeness (QED) is 0.652. The molecule has 2 amide bonds. The minimum atomic E-state index is -0.277. The summed E-state index contributed by atoms with van der Waals surface area (Å²) < 4.78 is 0. The first-order chi connectivity index (χ1) is 9.11. The van der Waals surface area contributed by atoms with Crippen LogP contribution in [0.15, 0.2) is 0 Å². The molecule has 6 nitrogen and oxygen atoms in total. The smallest absolute Gasteiger partial charge is 0.235 e. The highest BCUT2D eigenvalue weighted by Crippen LogP contribution is 2.29. The zero-order chi connectivity index (χ0) is 13.8. The maximum Gasteiger partial charge on any atom is 0.235 e. The summed E-state index contributed by atoms with van der Waals surface area (Å²) in [6, 6.07) is -0.249. The molecule has 2 aliphatic rings. The lowest BCUT2D eigenvalue weighted by molar-refractivity contribution is -0.128. The van der Waals surface area contributed by atoms with Crippen LogP contribution in [0.3, 0.4) is 0 Å². The molecule has 108 valence electrons. The fourth-order valence-corrected chi connectivity index (χ4v) is 3.25. The van der Waals surface area contributed by atoms with E-state index in [-0.39, 0.29) is 24.0 Å². The maximum absolute atomic E-state index is 11.8.